The van der Waals surface area contributed by atoms with E-state index >= 15 is 0 Å². The Balaban J connectivity index is 1.40. The van der Waals surface area contributed by atoms with E-state index < -0.39 is 0 Å². The van der Waals surface area contributed by atoms with Crippen LogP contribution in [-0.4, -0.2) is 40.0 Å². The van der Waals surface area contributed by atoms with Crippen LogP contribution < -0.4 is 0 Å². The number of pyridine rings is 1. The molecule has 2 unspecified atom stereocenters. The minimum absolute atomic E-state index is 0.614. The summed E-state index contributed by atoms with van der Waals surface area (Å²) >= 11 is 12.6. The minimum Gasteiger partial charge on any atom is -0.296 e. The monoisotopic (exact) mass is 347 g/mol. The fourth-order valence-electron chi connectivity index (χ4n) is 3.77. The molecule has 2 bridgehead atoms. The molecule has 0 amide bonds. The van der Waals surface area contributed by atoms with Gasteiger partial charge in [-0.25, -0.2) is 0 Å². The molecule has 4 heterocycles. The lowest BCUT2D eigenvalue weighted by atomic mass is 9.86. The van der Waals surface area contributed by atoms with Gasteiger partial charge in [0.25, 0.3) is 0 Å². The molecule has 1 aromatic heterocycles. The van der Waals surface area contributed by atoms with E-state index in [1.807, 2.05) is 30.6 Å². The zero-order valence-electron chi connectivity index (χ0n) is 12.8. The maximum absolute atomic E-state index is 6.32. The van der Waals surface area contributed by atoms with Gasteiger partial charge in [0.05, 0.1) is 0 Å². The molecule has 0 N–H and O–H groups in total. The van der Waals surface area contributed by atoms with Crippen molar-refractivity contribution in [2.45, 2.75) is 31.6 Å². The standard InChI is InChI=1S/C18H19Cl2N3/c19-17-2-1-3-18(20)16(17)12-23-14-8-15(23)11-22(10-14)9-13-4-6-21-7-5-13/h1-7,14-15H,8-12H2. The fraction of sp³-hybridized carbons (Fsp3) is 0.389. The van der Waals surface area contributed by atoms with Crippen LogP contribution in [-0.2, 0) is 13.1 Å². The summed E-state index contributed by atoms with van der Waals surface area (Å²) in [6.07, 6.45) is 5.02. The van der Waals surface area contributed by atoms with Gasteiger partial charge in [0.15, 0.2) is 0 Å². The predicted octanol–water partition coefficient (Wildman–Crippen LogP) is 3.85. The van der Waals surface area contributed by atoms with Crippen molar-refractivity contribution < 1.29 is 0 Å². The number of halogens is 2. The quantitative estimate of drug-likeness (QED) is 0.837. The van der Waals surface area contributed by atoms with Crippen LogP contribution in [0.4, 0.5) is 0 Å². The van der Waals surface area contributed by atoms with Crippen LogP contribution in [0.5, 0.6) is 0 Å². The van der Waals surface area contributed by atoms with Gasteiger partial charge in [0.1, 0.15) is 0 Å². The van der Waals surface area contributed by atoms with Gasteiger partial charge >= 0.3 is 0 Å². The average Bonchev–Trinajstić information content (AvgIpc) is 2.55. The Kier molecular flexibility index (Phi) is 4.29. The molecular weight excluding hydrogens is 329 g/mol. The molecule has 0 aliphatic carbocycles. The zero-order chi connectivity index (χ0) is 15.8. The van der Waals surface area contributed by atoms with Crippen LogP contribution in [0, 0.1) is 0 Å². The molecule has 5 heteroatoms. The SMILES string of the molecule is Clc1cccc(Cl)c1CN1C2CC1CN(Cc1ccncc1)C2. The summed E-state index contributed by atoms with van der Waals surface area (Å²) in [5, 5.41) is 1.55. The van der Waals surface area contributed by atoms with Crippen molar-refractivity contribution in [1.29, 1.82) is 0 Å². The number of hydrogen-bond acceptors (Lipinski definition) is 3. The van der Waals surface area contributed by atoms with Crippen molar-refractivity contribution in [3.63, 3.8) is 0 Å². The van der Waals surface area contributed by atoms with E-state index in [-0.39, 0.29) is 0 Å². The number of rotatable bonds is 4. The Hall–Kier alpha value is -1.13. The Labute approximate surface area is 146 Å². The van der Waals surface area contributed by atoms with Crippen LogP contribution in [0.2, 0.25) is 10.0 Å². The number of fused-ring (bicyclic) bond motifs is 2. The van der Waals surface area contributed by atoms with E-state index in [4.69, 9.17) is 23.2 Å². The predicted molar refractivity (Wildman–Crippen MR) is 93.7 cm³/mol. The van der Waals surface area contributed by atoms with Crippen LogP contribution in [0.25, 0.3) is 0 Å². The third-order valence-electron chi connectivity index (χ3n) is 4.98. The number of hydrogen-bond donors (Lipinski definition) is 0. The highest BCUT2D eigenvalue weighted by Gasteiger charge is 2.44. The highest BCUT2D eigenvalue weighted by Crippen LogP contribution is 2.36. The molecule has 3 saturated heterocycles. The van der Waals surface area contributed by atoms with Gasteiger partial charge in [-0.2, -0.15) is 0 Å². The number of aromatic nitrogens is 1. The lowest BCUT2D eigenvalue weighted by molar-refractivity contribution is -0.0774. The summed E-state index contributed by atoms with van der Waals surface area (Å²) in [5.41, 5.74) is 2.40. The highest BCUT2D eigenvalue weighted by atomic mass is 35.5. The number of piperazine rings is 1. The van der Waals surface area contributed by atoms with E-state index in [1.165, 1.54) is 12.0 Å². The number of benzene rings is 1. The van der Waals surface area contributed by atoms with Crippen molar-refractivity contribution in [2.75, 3.05) is 13.1 Å². The van der Waals surface area contributed by atoms with Gasteiger partial charge in [0.2, 0.25) is 0 Å². The van der Waals surface area contributed by atoms with Crippen molar-refractivity contribution in [1.82, 2.24) is 14.8 Å². The highest BCUT2D eigenvalue weighted by molar-refractivity contribution is 6.35. The van der Waals surface area contributed by atoms with Crippen LogP contribution >= 0.6 is 23.2 Å². The fourth-order valence-corrected chi connectivity index (χ4v) is 4.29. The molecule has 5 rings (SSSR count). The summed E-state index contributed by atoms with van der Waals surface area (Å²) in [7, 11) is 0. The molecule has 0 saturated carbocycles. The van der Waals surface area contributed by atoms with E-state index in [0.717, 1.165) is 41.8 Å². The van der Waals surface area contributed by atoms with E-state index in [9.17, 15) is 0 Å². The average molecular weight is 348 g/mol. The van der Waals surface area contributed by atoms with Gasteiger partial charge in [0, 0.05) is 66.3 Å². The Morgan fingerprint density at radius 1 is 0.957 bits per heavy atom. The molecule has 3 aliphatic rings. The Bertz CT molecular complexity index is 660. The van der Waals surface area contributed by atoms with Crippen molar-refractivity contribution in [3.05, 3.63) is 63.9 Å². The third kappa shape index (κ3) is 3.11. The number of piperidine rings is 1. The molecule has 1 aromatic carbocycles. The third-order valence-corrected chi connectivity index (χ3v) is 5.69. The molecule has 120 valence electrons. The van der Waals surface area contributed by atoms with Crippen molar-refractivity contribution in [2.24, 2.45) is 0 Å². The van der Waals surface area contributed by atoms with Crippen LogP contribution in [0.1, 0.15) is 17.5 Å². The molecule has 3 nitrogen and oxygen atoms in total. The Morgan fingerprint density at radius 2 is 1.61 bits per heavy atom. The molecule has 2 atom stereocenters. The largest absolute Gasteiger partial charge is 0.296 e. The molecule has 23 heavy (non-hydrogen) atoms. The molecule has 3 aliphatic heterocycles. The first-order valence-electron chi connectivity index (χ1n) is 8.00. The lowest BCUT2D eigenvalue weighted by Gasteiger charge is -2.56. The first-order valence-corrected chi connectivity index (χ1v) is 8.76. The van der Waals surface area contributed by atoms with Gasteiger partial charge in [-0.05, 0) is 36.2 Å². The summed E-state index contributed by atoms with van der Waals surface area (Å²) < 4.78 is 0. The summed E-state index contributed by atoms with van der Waals surface area (Å²) in [4.78, 5) is 9.18. The van der Waals surface area contributed by atoms with E-state index in [2.05, 4.69) is 26.9 Å². The Morgan fingerprint density at radius 3 is 2.26 bits per heavy atom. The minimum atomic E-state index is 0.614. The molecule has 0 radical (unpaired) electrons. The summed E-state index contributed by atoms with van der Waals surface area (Å²) in [5.74, 6) is 0. The number of nitrogens with zero attached hydrogens (tertiary/aromatic N) is 3. The first-order chi connectivity index (χ1) is 11.2. The first kappa shape index (κ1) is 15.4. The van der Waals surface area contributed by atoms with Crippen LogP contribution in [0.15, 0.2) is 42.7 Å². The smallest absolute Gasteiger partial charge is 0.0465 e. The zero-order valence-corrected chi connectivity index (χ0v) is 14.3. The van der Waals surface area contributed by atoms with Crippen molar-refractivity contribution >= 4 is 23.2 Å². The molecule has 0 spiro atoms. The maximum atomic E-state index is 6.32. The summed E-state index contributed by atoms with van der Waals surface area (Å²) in [6.45, 7) is 4.09. The lowest BCUT2D eigenvalue weighted by Crippen LogP contribution is -2.67. The van der Waals surface area contributed by atoms with Gasteiger partial charge in [-0.1, -0.05) is 29.3 Å². The van der Waals surface area contributed by atoms with Crippen LogP contribution in [0.3, 0.4) is 0 Å². The molecular formula is C18H19Cl2N3. The maximum Gasteiger partial charge on any atom is 0.0465 e. The second-order valence-corrected chi connectivity index (χ2v) is 7.28. The van der Waals surface area contributed by atoms with Gasteiger partial charge in [-0.3, -0.25) is 14.8 Å². The van der Waals surface area contributed by atoms with Gasteiger partial charge < -0.3 is 0 Å². The second-order valence-electron chi connectivity index (χ2n) is 6.47. The van der Waals surface area contributed by atoms with Crippen molar-refractivity contribution in [3.8, 4) is 0 Å². The molecule has 2 aromatic rings. The topological polar surface area (TPSA) is 19.4 Å². The second kappa shape index (κ2) is 6.40. The normalized spacial score (nSPS) is 24.4. The summed E-state index contributed by atoms with van der Waals surface area (Å²) in [6, 6.07) is 11.2. The van der Waals surface area contributed by atoms with E-state index in [1.54, 1.807) is 0 Å². The molecule has 3 fully saturated rings. The van der Waals surface area contributed by atoms with E-state index in [0.29, 0.717) is 12.1 Å². The van der Waals surface area contributed by atoms with Gasteiger partial charge in [-0.15, -0.1) is 0 Å².